The number of aryl methyl sites for hydroxylation is 1. The first-order valence-electron chi connectivity index (χ1n) is 5.56. The zero-order valence-electron chi connectivity index (χ0n) is 9.12. The Morgan fingerprint density at radius 2 is 1.73 bits per heavy atom. The average molecular weight is 200 g/mol. The lowest BCUT2D eigenvalue weighted by atomic mass is 9.92. The van der Waals surface area contributed by atoms with Crippen LogP contribution in [-0.4, -0.2) is 5.78 Å². The van der Waals surface area contributed by atoms with Crippen LogP contribution in [0, 0.1) is 6.92 Å². The van der Waals surface area contributed by atoms with E-state index in [1.54, 1.807) is 0 Å². The molecule has 2 rings (SSSR count). The fourth-order valence-corrected chi connectivity index (χ4v) is 1.92. The Morgan fingerprint density at radius 3 is 2.40 bits per heavy atom. The molecule has 0 aliphatic heterocycles. The molecule has 0 N–H and O–H groups in total. The van der Waals surface area contributed by atoms with E-state index in [0.29, 0.717) is 5.78 Å². The smallest absolute Gasteiger partial charge is 0.158 e. The lowest BCUT2D eigenvalue weighted by molar-refractivity contribution is -0.116. The van der Waals surface area contributed by atoms with Crippen LogP contribution in [0.1, 0.15) is 36.8 Å². The molecule has 1 aromatic rings. The summed E-state index contributed by atoms with van der Waals surface area (Å²) in [5.74, 6) is 0.335. The first-order chi connectivity index (χ1) is 7.25. The number of Topliss-reactive ketones (excluding diaryl/α,β-unsaturated/α-hetero) is 1. The van der Waals surface area contributed by atoms with E-state index in [0.717, 1.165) is 36.8 Å². The van der Waals surface area contributed by atoms with Crippen molar-refractivity contribution in [1.29, 1.82) is 0 Å². The minimum absolute atomic E-state index is 0.335. The van der Waals surface area contributed by atoms with Crippen molar-refractivity contribution in [3.63, 3.8) is 0 Å². The average Bonchev–Trinajstić information content (AvgIpc) is 2.25. The summed E-state index contributed by atoms with van der Waals surface area (Å²) in [4.78, 5) is 11.6. The number of benzene rings is 1. The van der Waals surface area contributed by atoms with E-state index in [4.69, 9.17) is 0 Å². The summed E-state index contributed by atoms with van der Waals surface area (Å²) in [6, 6.07) is 8.31. The third kappa shape index (κ3) is 2.56. The van der Waals surface area contributed by atoms with Crippen molar-refractivity contribution in [1.82, 2.24) is 0 Å². The fraction of sp³-hybridized carbons (Fsp3) is 0.357. The monoisotopic (exact) mass is 200 g/mol. The third-order valence-electron chi connectivity index (χ3n) is 2.88. The largest absolute Gasteiger partial charge is 0.295 e. The van der Waals surface area contributed by atoms with Gasteiger partial charge < -0.3 is 0 Å². The highest BCUT2D eigenvalue weighted by Gasteiger charge is 2.14. The van der Waals surface area contributed by atoms with Gasteiger partial charge in [-0.15, -0.1) is 0 Å². The molecule has 78 valence electrons. The molecule has 0 bridgehead atoms. The first kappa shape index (κ1) is 10.2. The molecule has 0 spiro atoms. The Labute approximate surface area is 90.8 Å². The van der Waals surface area contributed by atoms with Gasteiger partial charge in [0.25, 0.3) is 0 Å². The zero-order valence-corrected chi connectivity index (χ0v) is 9.12. The van der Waals surface area contributed by atoms with Gasteiger partial charge in [-0.05, 0) is 43.4 Å². The Kier molecular flexibility index (Phi) is 3.00. The van der Waals surface area contributed by atoms with E-state index in [-0.39, 0.29) is 0 Å². The quantitative estimate of drug-likeness (QED) is 0.634. The molecule has 1 saturated carbocycles. The van der Waals surface area contributed by atoms with Crippen molar-refractivity contribution in [3.05, 3.63) is 41.0 Å². The summed E-state index contributed by atoms with van der Waals surface area (Å²) in [6.07, 6.45) is 5.94. The summed E-state index contributed by atoms with van der Waals surface area (Å²) in [7, 11) is 0. The van der Waals surface area contributed by atoms with Crippen LogP contribution in [0.25, 0.3) is 6.08 Å². The summed E-state index contributed by atoms with van der Waals surface area (Å²) >= 11 is 0. The Hall–Kier alpha value is -1.37. The van der Waals surface area contributed by atoms with E-state index < -0.39 is 0 Å². The second kappa shape index (κ2) is 4.43. The molecule has 15 heavy (non-hydrogen) atoms. The summed E-state index contributed by atoms with van der Waals surface area (Å²) in [5.41, 5.74) is 3.41. The first-order valence-corrected chi connectivity index (χ1v) is 5.56. The molecule has 1 nitrogen and oxygen atoms in total. The normalized spacial score (nSPS) is 19.5. The highest BCUT2D eigenvalue weighted by atomic mass is 16.1. The molecule has 1 aliphatic carbocycles. The van der Waals surface area contributed by atoms with Gasteiger partial charge in [0.1, 0.15) is 0 Å². The van der Waals surface area contributed by atoms with Gasteiger partial charge in [0, 0.05) is 6.42 Å². The molecule has 0 heterocycles. The van der Waals surface area contributed by atoms with E-state index in [2.05, 4.69) is 31.2 Å². The van der Waals surface area contributed by atoms with Crippen molar-refractivity contribution < 1.29 is 4.79 Å². The van der Waals surface area contributed by atoms with Crippen LogP contribution in [-0.2, 0) is 4.79 Å². The molecule has 1 aliphatic rings. The predicted octanol–water partition coefficient (Wildman–Crippen LogP) is 3.52. The number of ketones is 1. The third-order valence-corrected chi connectivity index (χ3v) is 2.88. The standard InChI is InChI=1S/C14H16O/c1-11-6-8-12(9-7-11)10-13-4-2-3-5-14(13)15/h6-10H,2-5H2,1H3/b13-10+. The van der Waals surface area contributed by atoms with E-state index >= 15 is 0 Å². The van der Waals surface area contributed by atoms with Crippen LogP contribution in [0.2, 0.25) is 0 Å². The topological polar surface area (TPSA) is 17.1 Å². The minimum atomic E-state index is 0.335. The Balaban J connectivity index is 2.21. The van der Waals surface area contributed by atoms with E-state index in [1.165, 1.54) is 5.56 Å². The van der Waals surface area contributed by atoms with E-state index in [1.807, 2.05) is 6.08 Å². The van der Waals surface area contributed by atoms with Crippen LogP contribution < -0.4 is 0 Å². The molecule has 0 unspecified atom stereocenters. The van der Waals surface area contributed by atoms with Crippen molar-refractivity contribution >= 4 is 11.9 Å². The van der Waals surface area contributed by atoms with Gasteiger partial charge in [-0.25, -0.2) is 0 Å². The van der Waals surface area contributed by atoms with Crippen LogP contribution in [0.4, 0.5) is 0 Å². The molecule has 0 amide bonds. The van der Waals surface area contributed by atoms with Gasteiger partial charge in [0.2, 0.25) is 0 Å². The summed E-state index contributed by atoms with van der Waals surface area (Å²) < 4.78 is 0. The number of hydrogen-bond donors (Lipinski definition) is 0. The lowest BCUT2D eigenvalue weighted by Crippen LogP contribution is -2.07. The number of allylic oxidation sites excluding steroid dienone is 1. The lowest BCUT2D eigenvalue weighted by Gasteiger charge is -2.12. The van der Waals surface area contributed by atoms with Gasteiger partial charge in [0.05, 0.1) is 0 Å². The van der Waals surface area contributed by atoms with Gasteiger partial charge in [-0.2, -0.15) is 0 Å². The molecular weight excluding hydrogens is 184 g/mol. The highest BCUT2D eigenvalue weighted by Crippen LogP contribution is 2.22. The molecule has 1 heteroatoms. The minimum Gasteiger partial charge on any atom is -0.295 e. The maximum Gasteiger partial charge on any atom is 0.158 e. The SMILES string of the molecule is Cc1ccc(/C=C2\CCCCC2=O)cc1. The molecule has 0 radical (unpaired) electrons. The van der Waals surface area contributed by atoms with Crippen molar-refractivity contribution in [3.8, 4) is 0 Å². The summed E-state index contributed by atoms with van der Waals surface area (Å²) in [6.45, 7) is 2.07. The van der Waals surface area contributed by atoms with E-state index in [9.17, 15) is 4.79 Å². The van der Waals surface area contributed by atoms with Gasteiger partial charge in [-0.3, -0.25) is 4.79 Å². The fourth-order valence-electron chi connectivity index (χ4n) is 1.92. The van der Waals surface area contributed by atoms with Gasteiger partial charge >= 0.3 is 0 Å². The van der Waals surface area contributed by atoms with Gasteiger partial charge in [0.15, 0.2) is 5.78 Å². The molecule has 1 aromatic carbocycles. The van der Waals surface area contributed by atoms with Crippen molar-refractivity contribution in [2.75, 3.05) is 0 Å². The number of carbonyl (C=O) groups excluding carboxylic acids is 1. The van der Waals surface area contributed by atoms with Crippen molar-refractivity contribution in [2.45, 2.75) is 32.6 Å². The molecule has 0 saturated heterocycles. The van der Waals surface area contributed by atoms with Crippen LogP contribution >= 0.6 is 0 Å². The Bertz CT molecular complexity index is 384. The van der Waals surface area contributed by atoms with Crippen LogP contribution in [0.3, 0.4) is 0 Å². The predicted molar refractivity (Wildman–Crippen MR) is 62.6 cm³/mol. The molecule has 0 aromatic heterocycles. The van der Waals surface area contributed by atoms with Gasteiger partial charge in [-0.1, -0.05) is 29.8 Å². The molecule has 1 fully saturated rings. The second-order valence-corrected chi connectivity index (χ2v) is 4.21. The maximum atomic E-state index is 11.6. The maximum absolute atomic E-state index is 11.6. The number of rotatable bonds is 1. The molecular formula is C14H16O. The van der Waals surface area contributed by atoms with Crippen LogP contribution in [0.5, 0.6) is 0 Å². The number of hydrogen-bond acceptors (Lipinski definition) is 1. The highest BCUT2D eigenvalue weighted by molar-refractivity contribution is 6.00. The zero-order chi connectivity index (χ0) is 10.7. The Morgan fingerprint density at radius 1 is 1.07 bits per heavy atom. The van der Waals surface area contributed by atoms with Crippen molar-refractivity contribution in [2.24, 2.45) is 0 Å². The number of carbonyl (C=O) groups is 1. The second-order valence-electron chi connectivity index (χ2n) is 4.21. The van der Waals surface area contributed by atoms with Crippen LogP contribution in [0.15, 0.2) is 29.8 Å². The molecule has 0 atom stereocenters. The summed E-state index contributed by atoms with van der Waals surface area (Å²) in [5, 5.41) is 0.